The lowest BCUT2D eigenvalue weighted by Gasteiger charge is -2.29. The number of carbonyl (C=O) groups is 2. The van der Waals surface area contributed by atoms with E-state index in [-0.39, 0.29) is 24.0 Å². The zero-order valence-corrected chi connectivity index (χ0v) is 17.7. The smallest absolute Gasteiger partial charge is 0.410 e. The van der Waals surface area contributed by atoms with Crippen LogP contribution in [0.3, 0.4) is 0 Å². The number of anilines is 1. The van der Waals surface area contributed by atoms with Crippen molar-refractivity contribution < 1.29 is 33.3 Å². The SMILES string of the molecule is CC(C)OC(=O)N1CCC(O)CC1.N=C1CCN(c2cc(F)c(C(=O)O)cc2F)CC1. The summed E-state index contributed by atoms with van der Waals surface area (Å²) in [5, 5.41) is 25.3. The van der Waals surface area contributed by atoms with Crippen LogP contribution in [0.1, 0.15) is 49.9 Å². The van der Waals surface area contributed by atoms with Gasteiger partial charge in [0.1, 0.15) is 11.6 Å². The van der Waals surface area contributed by atoms with Crippen LogP contribution in [-0.2, 0) is 4.74 Å². The van der Waals surface area contributed by atoms with Crippen molar-refractivity contribution in [3.8, 4) is 0 Å². The summed E-state index contributed by atoms with van der Waals surface area (Å²) >= 11 is 0. The normalized spacial score (nSPS) is 17.3. The third kappa shape index (κ3) is 7.16. The van der Waals surface area contributed by atoms with Gasteiger partial charge in [-0.25, -0.2) is 18.4 Å². The van der Waals surface area contributed by atoms with E-state index in [9.17, 15) is 23.5 Å². The third-order valence-electron chi connectivity index (χ3n) is 5.03. The Morgan fingerprint density at radius 1 is 1.10 bits per heavy atom. The number of nitrogens with one attached hydrogen (secondary N) is 1. The molecule has 2 saturated heterocycles. The quantitative estimate of drug-likeness (QED) is 0.663. The van der Waals surface area contributed by atoms with Gasteiger partial charge < -0.3 is 30.2 Å². The van der Waals surface area contributed by atoms with Crippen LogP contribution >= 0.6 is 0 Å². The molecule has 0 bridgehead atoms. The number of hydrogen-bond acceptors (Lipinski definition) is 6. The molecule has 0 radical (unpaired) electrons. The minimum atomic E-state index is -1.49. The van der Waals surface area contributed by atoms with Crippen LogP contribution in [0.5, 0.6) is 0 Å². The minimum Gasteiger partial charge on any atom is -0.478 e. The van der Waals surface area contributed by atoms with Crippen molar-refractivity contribution >= 4 is 23.5 Å². The van der Waals surface area contributed by atoms with Crippen molar-refractivity contribution in [3.05, 3.63) is 29.3 Å². The molecule has 2 heterocycles. The number of rotatable bonds is 3. The van der Waals surface area contributed by atoms with E-state index in [1.807, 2.05) is 13.8 Å². The molecule has 8 nitrogen and oxygen atoms in total. The molecule has 2 aliphatic heterocycles. The number of aliphatic hydroxyl groups excluding tert-OH is 1. The number of carboxylic acid groups (broad SMARTS) is 1. The molecule has 0 aromatic heterocycles. The van der Waals surface area contributed by atoms with E-state index in [0.29, 0.717) is 63.6 Å². The summed E-state index contributed by atoms with van der Waals surface area (Å²) in [7, 11) is 0. The summed E-state index contributed by atoms with van der Waals surface area (Å²) in [6.45, 7) is 5.76. The molecule has 0 saturated carbocycles. The van der Waals surface area contributed by atoms with Crippen LogP contribution in [0.15, 0.2) is 12.1 Å². The number of nitrogens with zero attached hydrogens (tertiary/aromatic N) is 2. The fourth-order valence-electron chi connectivity index (χ4n) is 3.28. The highest BCUT2D eigenvalue weighted by Crippen LogP contribution is 2.25. The molecule has 1 amide bonds. The van der Waals surface area contributed by atoms with Gasteiger partial charge >= 0.3 is 12.1 Å². The lowest BCUT2D eigenvalue weighted by molar-refractivity contribution is 0.0456. The molecule has 172 valence electrons. The van der Waals surface area contributed by atoms with Gasteiger partial charge in [-0.2, -0.15) is 0 Å². The van der Waals surface area contributed by atoms with Crippen LogP contribution in [-0.4, -0.2) is 71.3 Å². The van der Waals surface area contributed by atoms with Crippen molar-refractivity contribution in [3.63, 3.8) is 0 Å². The van der Waals surface area contributed by atoms with Gasteiger partial charge in [0.05, 0.1) is 23.5 Å². The summed E-state index contributed by atoms with van der Waals surface area (Å²) in [5.41, 5.74) is -0.0136. The first-order chi connectivity index (χ1) is 14.6. The molecule has 0 aliphatic carbocycles. The average Bonchev–Trinajstić information content (AvgIpc) is 2.70. The summed E-state index contributed by atoms with van der Waals surface area (Å²) in [6.07, 6.45) is 1.77. The summed E-state index contributed by atoms with van der Waals surface area (Å²) in [4.78, 5) is 25.3. The predicted molar refractivity (Wildman–Crippen MR) is 111 cm³/mol. The van der Waals surface area contributed by atoms with Crippen molar-refractivity contribution in [2.45, 2.75) is 51.7 Å². The highest BCUT2D eigenvalue weighted by Gasteiger charge is 2.23. The second-order valence-corrected chi connectivity index (χ2v) is 7.83. The fourth-order valence-corrected chi connectivity index (χ4v) is 3.28. The standard InChI is InChI=1S/C12H12F2N2O2.C9H17NO3/c13-9-6-11(10(14)5-8(9)12(17)18)16-3-1-7(15)2-4-16;1-7(2)13-9(12)10-5-3-8(11)4-6-10/h5-6,15H,1-4H2,(H,17,18);7-8,11H,3-6H2,1-2H3. The summed E-state index contributed by atoms with van der Waals surface area (Å²) in [6, 6.07) is 1.61. The first kappa shape index (κ1) is 24.5. The van der Waals surface area contributed by atoms with Gasteiger partial charge in [-0.05, 0) is 32.8 Å². The van der Waals surface area contributed by atoms with E-state index < -0.39 is 23.2 Å². The molecule has 31 heavy (non-hydrogen) atoms. The number of aromatic carboxylic acids is 1. The van der Waals surface area contributed by atoms with E-state index in [1.165, 1.54) is 0 Å². The number of likely N-dealkylation sites (tertiary alicyclic amines) is 1. The van der Waals surface area contributed by atoms with Gasteiger partial charge in [-0.1, -0.05) is 0 Å². The zero-order valence-electron chi connectivity index (χ0n) is 17.7. The number of halogens is 2. The monoisotopic (exact) mass is 441 g/mol. The molecule has 1 aromatic rings. The maximum atomic E-state index is 13.7. The Hall–Kier alpha value is -2.75. The van der Waals surface area contributed by atoms with Crippen molar-refractivity contribution in [2.24, 2.45) is 0 Å². The first-order valence-electron chi connectivity index (χ1n) is 10.3. The molecule has 2 aliphatic rings. The molecule has 0 unspecified atom stereocenters. The number of ether oxygens (including phenoxy) is 1. The molecular formula is C21H29F2N3O5. The Bertz CT molecular complexity index is 800. The topological polar surface area (TPSA) is 114 Å². The minimum absolute atomic E-state index is 0.0602. The van der Waals surface area contributed by atoms with Gasteiger partial charge in [0, 0.05) is 50.8 Å². The first-order valence-corrected chi connectivity index (χ1v) is 10.3. The van der Waals surface area contributed by atoms with Crippen LogP contribution in [0.4, 0.5) is 19.3 Å². The molecule has 3 N–H and O–H groups in total. The van der Waals surface area contributed by atoms with Gasteiger partial charge in [-0.3, -0.25) is 0 Å². The number of carboxylic acids is 1. The lowest BCUT2D eigenvalue weighted by Crippen LogP contribution is -2.41. The number of hydrogen-bond donors (Lipinski definition) is 3. The lowest BCUT2D eigenvalue weighted by atomic mass is 10.1. The summed E-state index contributed by atoms with van der Waals surface area (Å²) in [5.74, 6) is -3.18. The third-order valence-corrected chi connectivity index (χ3v) is 5.03. The van der Waals surface area contributed by atoms with Gasteiger partial charge in [0.2, 0.25) is 0 Å². The van der Waals surface area contributed by atoms with E-state index in [1.54, 1.807) is 9.80 Å². The number of aliphatic hydroxyl groups is 1. The van der Waals surface area contributed by atoms with Gasteiger partial charge in [-0.15, -0.1) is 0 Å². The molecule has 2 fully saturated rings. The largest absolute Gasteiger partial charge is 0.478 e. The second-order valence-electron chi connectivity index (χ2n) is 7.83. The Balaban J connectivity index is 0.000000233. The maximum Gasteiger partial charge on any atom is 0.410 e. The van der Waals surface area contributed by atoms with Gasteiger partial charge in [0.25, 0.3) is 0 Å². The zero-order chi connectivity index (χ0) is 23.1. The van der Waals surface area contributed by atoms with Crippen molar-refractivity contribution in [1.82, 2.24) is 4.90 Å². The fraction of sp³-hybridized carbons (Fsp3) is 0.571. The number of piperidine rings is 2. The summed E-state index contributed by atoms with van der Waals surface area (Å²) < 4.78 is 32.3. The van der Waals surface area contributed by atoms with Crippen LogP contribution in [0.2, 0.25) is 0 Å². The number of benzene rings is 1. The van der Waals surface area contributed by atoms with Crippen molar-refractivity contribution in [2.75, 3.05) is 31.1 Å². The molecule has 0 spiro atoms. The average molecular weight is 441 g/mol. The van der Waals surface area contributed by atoms with Crippen LogP contribution in [0, 0.1) is 17.0 Å². The van der Waals surface area contributed by atoms with E-state index in [0.717, 1.165) is 6.07 Å². The Labute approximate surface area is 179 Å². The van der Waals surface area contributed by atoms with Crippen LogP contribution < -0.4 is 4.90 Å². The van der Waals surface area contributed by atoms with Crippen molar-refractivity contribution in [1.29, 1.82) is 5.41 Å². The highest BCUT2D eigenvalue weighted by molar-refractivity contribution is 5.88. The molecule has 10 heteroatoms. The van der Waals surface area contributed by atoms with E-state index in [4.69, 9.17) is 15.3 Å². The maximum absolute atomic E-state index is 13.7. The van der Waals surface area contributed by atoms with E-state index in [2.05, 4.69) is 0 Å². The second kappa shape index (κ2) is 11.0. The Kier molecular flexibility index (Phi) is 8.73. The highest BCUT2D eigenvalue weighted by atomic mass is 19.1. The number of amides is 1. The van der Waals surface area contributed by atoms with Crippen LogP contribution in [0.25, 0.3) is 0 Å². The molecule has 3 rings (SSSR count). The predicted octanol–water partition coefficient (Wildman–Crippen LogP) is 3.27. The Morgan fingerprint density at radius 3 is 2.19 bits per heavy atom. The number of carbonyl (C=O) groups excluding carboxylic acids is 1. The Morgan fingerprint density at radius 2 is 1.68 bits per heavy atom. The molecule has 1 aromatic carbocycles. The van der Waals surface area contributed by atoms with E-state index >= 15 is 0 Å². The molecule has 0 atom stereocenters. The molecular weight excluding hydrogens is 412 g/mol. The van der Waals surface area contributed by atoms with Gasteiger partial charge in [0.15, 0.2) is 0 Å².